The molecule has 7 nitrogen and oxygen atoms in total. The van der Waals surface area contributed by atoms with Crippen LogP contribution in [0.1, 0.15) is 10.4 Å². The molecule has 0 spiro atoms. The van der Waals surface area contributed by atoms with Crippen molar-refractivity contribution in [2.24, 2.45) is 0 Å². The summed E-state index contributed by atoms with van der Waals surface area (Å²) in [6, 6.07) is 7.19. The number of pyridine rings is 1. The molecule has 0 unspecified atom stereocenters. The van der Waals surface area contributed by atoms with Crippen LogP contribution < -0.4 is 5.56 Å². The molecule has 0 radical (unpaired) electrons. The maximum absolute atomic E-state index is 12.5. The van der Waals surface area contributed by atoms with Gasteiger partial charge in [-0.2, -0.15) is 0 Å². The number of hydrogen-bond acceptors (Lipinski definition) is 4. The van der Waals surface area contributed by atoms with Crippen LogP contribution in [0.5, 0.6) is 5.75 Å². The van der Waals surface area contributed by atoms with Crippen LogP contribution in [0.3, 0.4) is 0 Å². The summed E-state index contributed by atoms with van der Waals surface area (Å²) in [4.78, 5) is 27.2. The highest BCUT2D eigenvalue weighted by Crippen LogP contribution is 2.29. The first kappa shape index (κ1) is 14.9. The van der Waals surface area contributed by atoms with Crippen LogP contribution in [-0.2, 0) is 0 Å². The average molecular weight is 332 g/mol. The predicted octanol–water partition coefficient (Wildman–Crippen LogP) is 2.28. The molecule has 0 aliphatic heterocycles. The fourth-order valence-corrected chi connectivity index (χ4v) is 2.28. The molecule has 0 amide bonds. The van der Waals surface area contributed by atoms with Gasteiger partial charge in [-0.15, -0.1) is 0 Å². The van der Waals surface area contributed by atoms with Crippen LogP contribution in [0.2, 0.25) is 5.02 Å². The summed E-state index contributed by atoms with van der Waals surface area (Å²) in [6.45, 7) is 0. The highest BCUT2D eigenvalue weighted by atomic mass is 35.5. The number of aromatic carboxylic acids is 1. The molecule has 1 aromatic carbocycles. The summed E-state index contributed by atoms with van der Waals surface area (Å²) < 4.78 is 1.15. The van der Waals surface area contributed by atoms with Crippen molar-refractivity contribution in [3.05, 3.63) is 63.7 Å². The van der Waals surface area contributed by atoms with Crippen LogP contribution in [-0.4, -0.2) is 30.9 Å². The number of rotatable bonds is 3. The number of aromatic nitrogens is 3. The molecule has 0 fully saturated rings. The number of halogens is 1. The highest BCUT2D eigenvalue weighted by Gasteiger charge is 2.14. The second-order valence-corrected chi connectivity index (χ2v) is 5.14. The van der Waals surface area contributed by atoms with E-state index >= 15 is 0 Å². The zero-order chi connectivity index (χ0) is 16.6. The minimum atomic E-state index is -1.10. The van der Waals surface area contributed by atoms with Gasteiger partial charge in [0.2, 0.25) is 0 Å². The van der Waals surface area contributed by atoms with E-state index in [2.05, 4.69) is 10.1 Å². The first-order valence-electron chi connectivity index (χ1n) is 6.46. The van der Waals surface area contributed by atoms with Crippen molar-refractivity contribution in [2.45, 2.75) is 0 Å². The standard InChI is InChI=1S/C15H10ClN3O4/c16-9-2-3-10(12(20)5-9)11-7-18-19(14(11)21)13-4-1-8(6-17-13)15(22)23/h1-7,18,20H,(H,22,23). The first-order valence-corrected chi connectivity index (χ1v) is 6.84. The molecule has 8 heteroatoms. The van der Waals surface area contributed by atoms with Crippen molar-refractivity contribution in [1.29, 1.82) is 0 Å². The molecule has 2 aromatic heterocycles. The van der Waals surface area contributed by atoms with Crippen molar-refractivity contribution < 1.29 is 15.0 Å². The van der Waals surface area contributed by atoms with Crippen molar-refractivity contribution >= 4 is 17.6 Å². The number of nitrogens with one attached hydrogen (secondary N) is 1. The van der Waals surface area contributed by atoms with Crippen molar-refractivity contribution in [2.75, 3.05) is 0 Å². The Hall–Kier alpha value is -3.06. The van der Waals surface area contributed by atoms with Gasteiger partial charge in [-0.25, -0.2) is 14.5 Å². The quantitative estimate of drug-likeness (QED) is 0.682. The van der Waals surface area contributed by atoms with E-state index in [-0.39, 0.29) is 22.7 Å². The van der Waals surface area contributed by atoms with E-state index in [1.54, 1.807) is 6.07 Å². The minimum Gasteiger partial charge on any atom is -0.507 e. The molecule has 3 aromatic rings. The Bertz CT molecular complexity index is 944. The summed E-state index contributed by atoms with van der Waals surface area (Å²) >= 11 is 5.78. The molecule has 0 saturated carbocycles. The molecule has 0 aliphatic rings. The third-order valence-corrected chi connectivity index (χ3v) is 3.48. The molecule has 3 rings (SSSR count). The lowest BCUT2D eigenvalue weighted by molar-refractivity contribution is 0.0696. The fourth-order valence-electron chi connectivity index (χ4n) is 2.11. The van der Waals surface area contributed by atoms with Gasteiger partial charge in [-0.1, -0.05) is 11.6 Å². The molecular formula is C15H10ClN3O4. The maximum Gasteiger partial charge on any atom is 0.337 e. The number of nitrogens with zero attached hydrogens (tertiary/aromatic N) is 2. The number of carboxylic acid groups (broad SMARTS) is 1. The lowest BCUT2D eigenvalue weighted by Crippen LogP contribution is -2.17. The Morgan fingerprint density at radius 3 is 2.61 bits per heavy atom. The number of aromatic hydroxyl groups is 1. The van der Waals surface area contributed by atoms with Crippen molar-refractivity contribution in [3.63, 3.8) is 0 Å². The van der Waals surface area contributed by atoms with Gasteiger partial charge < -0.3 is 10.2 Å². The zero-order valence-electron chi connectivity index (χ0n) is 11.5. The van der Waals surface area contributed by atoms with Gasteiger partial charge in [0.1, 0.15) is 5.75 Å². The Morgan fingerprint density at radius 1 is 1.22 bits per heavy atom. The number of H-pyrrole nitrogens is 1. The molecular weight excluding hydrogens is 322 g/mol. The molecule has 2 heterocycles. The largest absolute Gasteiger partial charge is 0.507 e. The molecule has 3 N–H and O–H groups in total. The lowest BCUT2D eigenvalue weighted by Gasteiger charge is -2.02. The van der Waals surface area contributed by atoms with E-state index in [4.69, 9.17) is 16.7 Å². The summed E-state index contributed by atoms with van der Waals surface area (Å²) in [6.07, 6.45) is 2.59. The number of aromatic amines is 1. The number of hydrogen-bond donors (Lipinski definition) is 3. The number of phenols is 1. The predicted molar refractivity (Wildman–Crippen MR) is 83.3 cm³/mol. The summed E-state index contributed by atoms with van der Waals surface area (Å²) in [5.74, 6) is -0.982. The van der Waals surface area contributed by atoms with E-state index < -0.39 is 11.5 Å². The number of phenolic OH excluding ortho intramolecular Hbond substituents is 1. The first-order chi connectivity index (χ1) is 11.0. The van der Waals surface area contributed by atoms with Crippen LogP contribution >= 0.6 is 11.6 Å². The summed E-state index contributed by atoms with van der Waals surface area (Å²) in [5, 5.41) is 21.9. The topological polar surface area (TPSA) is 108 Å². The van der Waals surface area contributed by atoms with E-state index in [1.807, 2.05) is 0 Å². The third-order valence-electron chi connectivity index (χ3n) is 3.25. The Balaban J connectivity index is 2.05. The second kappa shape index (κ2) is 5.62. The van der Waals surface area contributed by atoms with Crippen LogP contribution in [0.15, 0.2) is 47.5 Å². The summed E-state index contributed by atoms with van der Waals surface area (Å²) in [5.41, 5.74) is 0.155. The van der Waals surface area contributed by atoms with Gasteiger partial charge in [0.25, 0.3) is 5.56 Å². The Labute approximate surface area is 134 Å². The second-order valence-electron chi connectivity index (χ2n) is 4.70. The maximum atomic E-state index is 12.5. The fraction of sp³-hybridized carbons (Fsp3) is 0. The smallest absolute Gasteiger partial charge is 0.337 e. The average Bonchev–Trinajstić information content (AvgIpc) is 2.89. The number of carbonyl (C=O) groups is 1. The van der Waals surface area contributed by atoms with Gasteiger partial charge in [0.05, 0.1) is 11.1 Å². The molecule has 0 saturated heterocycles. The third kappa shape index (κ3) is 2.69. The van der Waals surface area contributed by atoms with Gasteiger partial charge in [0.15, 0.2) is 5.82 Å². The Kier molecular flexibility index (Phi) is 3.63. The monoisotopic (exact) mass is 331 g/mol. The Morgan fingerprint density at radius 2 is 2.00 bits per heavy atom. The zero-order valence-corrected chi connectivity index (χ0v) is 12.3. The van der Waals surface area contributed by atoms with Crippen LogP contribution in [0, 0.1) is 0 Å². The van der Waals surface area contributed by atoms with Crippen LogP contribution in [0.25, 0.3) is 16.9 Å². The molecule has 116 valence electrons. The van der Waals surface area contributed by atoms with Crippen LogP contribution in [0.4, 0.5) is 0 Å². The SMILES string of the molecule is O=C(O)c1ccc(-n2[nH]cc(-c3ccc(Cl)cc3O)c2=O)nc1. The van der Waals surface area contributed by atoms with Gasteiger partial charge >= 0.3 is 5.97 Å². The summed E-state index contributed by atoms with van der Waals surface area (Å²) in [7, 11) is 0. The van der Waals surface area contributed by atoms with E-state index in [1.165, 1.54) is 30.5 Å². The molecule has 0 aliphatic carbocycles. The molecule has 0 bridgehead atoms. The molecule has 23 heavy (non-hydrogen) atoms. The van der Waals surface area contributed by atoms with Crippen molar-refractivity contribution in [1.82, 2.24) is 14.8 Å². The van der Waals surface area contributed by atoms with Gasteiger partial charge in [-0.3, -0.25) is 9.89 Å². The van der Waals surface area contributed by atoms with E-state index in [0.29, 0.717) is 10.6 Å². The minimum absolute atomic E-state index is 0.0175. The normalized spacial score (nSPS) is 10.7. The van der Waals surface area contributed by atoms with E-state index in [9.17, 15) is 14.7 Å². The highest BCUT2D eigenvalue weighted by molar-refractivity contribution is 6.30. The molecule has 0 atom stereocenters. The number of carboxylic acids is 1. The van der Waals surface area contributed by atoms with Gasteiger partial charge in [0, 0.05) is 23.0 Å². The van der Waals surface area contributed by atoms with Gasteiger partial charge in [-0.05, 0) is 30.3 Å². The lowest BCUT2D eigenvalue weighted by atomic mass is 10.1. The van der Waals surface area contributed by atoms with Crippen molar-refractivity contribution in [3.8, 4) is 22.7 Å². The van der Waals surface area contributed by atoms with E-state index in [0.717, 1.165) is 10.9 Å². The number of benzene rings is 1.